The Kier molecular flexibility index (Phi) is 4.18. The second kappa shape index (κ2) is 5.64. The third-order valence-corrected chi connectivity index (χ3v) is 3.46. The summed E-state index contributed by atoms with van der Waals surface area (Å²) in [6, 6.07) is 0.454. The van der Waals surface area contributed by atoms with Crippen molar-refractivity contribution in [3.63, 3.8) is 0 Å². The van der Waals surface area contributed by atoms with Crippen LogP contribution in [0.2, 0.25) is 0 Å². The minimum Gasteiger partial charge on any atom is -0.378 e. The number of rotatable bonds is 2. The van der Waals surface area contributed by atoms with Gasteiger partial charge in [0.1, 0.15) is 0 Å². The van der Waals surface area contributed by atoms with E-state index in [1.807, 2.05) is 0 Å². The van der Waals surface area contributed by atoms with Crippen LogP contribution in [0.3, 0.4) is 0 Å². The van der Waals surface area contributed by atoms with E-state index in [1.54, 1.807) is 0 Å². The van der Waals surface area contributed by atoms with E-state index in [1.165, 1.54) is 0 Å². The topological polar surface area (TPSA) is 50.4 Å². The first-order valence-corrected chi connectivity index (χ1v) is 6.41. The van der Waals surface area contributed by atoms with Gasteiger partial charge in [-0.05, 0) is 39.0 Å². The summed E-state index contributed by atoms with van der Waals surface area (Å²) in [5, 5.41) is 6.45. The van der Waals surface area contributed by atoms with Gasteiger partial charge in [-0.25, -0.2) is 0 Å². The van der Waals surface area contributed by atoms with E-state index in [2.05, 4.69) is 17.6 Å². The smallest absolute Gasteiger partial charge is 0.237 e. The zero-order chi connectivity index (χ0) is 11.4. The van der Waals surface area contributed by atoms with Crippen molar-refractivity contribution in [2.75, 3.05) is 13.2 Å². The quantitative estimate of drug-likeness (QED) is 0.732. The van der Waals surface area contributed by atoms with Crippen LogP contribution in [0.25, 0.3) is 0 Å². The number of amides is 1. The zero-order valence-electron chi connectivity index (χ0n) is 10.00. The summed E-state index contributed by atoms with van der Waals surface area (Å²) < 4.78 is 5.51. The fourth-order valence-corrected chi connectivity index (χ4v) is 2.53. The van der Waals surface area contributed by atoms with Crippen molar-refractivity contribution in [2.24, 2.45) is 0 Å². The van der Waals surface area contributed by atoms with Crippen LogP contribution < -0.4 is 10.6 Å². The Balaban J connectivity index is 1.84. The summed E-state index contributed by atoms with van der Waals surface area (Å²) >= 11 is 0. The lowest BCUT2D eigenvalue weighted by Crippen LogP contribution is -2.49. The molecule has 2 N–H and O–H groups in total. The van der Waals surface area contributed by atoms with Crippen molar-refractivity contribution in [3.05, 3.63) is 0 Å². The molecule has 2 heterocycles. The Morgan fingerprint density at radius 1 is 1.38 bits per heavy atom. The monoisotopic (exact) mass is 226 g/mol. The fraction of sp³-hybridized carbons (Fsp3) is 0.917. The molecule has 0 bridgehead atoms. The average molecular weight is 226 g/mol. The predicted molar refractivity (Wildman–Crippen MR) is 62.2 cm³/mol. The van der Waals surface area contributed by atoms with Crippen molar-refractivity contribution in [1.82, 2.24) is 10.6 Å². The molecule has 0 radical (unpaired) electrons. The van der Waals surface area contributed by atoms with Crippen LogP contribution in [0.1, 0.15) is 39.0 Å². The largest absolute Gasteiger partial charge is 0.378 e. The summed E-state index contributed by atoms with van der Waals surface area (Å²) in [6.45, 7) is 3.75. The summed E-state index contributed by atoms with van der Waals surface area (Å²) in [5.74, 6) is 0.177. The molecule has 0 aromatic rings. The maximum atomic E-state index is 11.8. The van der Waals surface area contributed by atoms with Crippen LogP contribution in [0.15, 0.2) is 0 Å². The molecule has 4 heteroatoms. The van der Waals surface area contributed by atoms with Gasteiger partial charge >= 0.3 is 0 Å². The minimum absolute atomic E-state index is 0.0119. The first-order valence-electron chi connectivity index (χ1n) is 6.41. The average Bonchev–Trinajstić information content (AvgIpc) is 2.45. The number of hydrogen-bond donors (Lipinski definition) is 2. The maximum Gasteiger partial charge on any atom is 0.237 e. The van der Waals surface area contributed by atoms with Crippen LogP contribution >= 0.6 is 0 Å². The fourth-order valence-electron chi connectivity index (χ4n) is 2.53. The van der Waals surface area contributed by atoms with Crippen LogP contribution in [-0.4, -0.2) is 37.2 Å². The summed E-state index contributed by atoms with van der Waals surface area (Å²) in [7, 11) is 0. The van der Waals surface area contributed by atoms with Crippen LogP contribution in [0, 0.1) is 0 Å². The molecule has 4 nitrogen and oxygen atoms in total. The summed E-state index contributed by atoms with van der Waals surface area (Å²) in [5.41, 5.74) is 0. The van der Waals surface area contributed by atoms with Crippen molar-refractivity contribution in [1.29, 1.82) is 0 Å². The van der Waals surface area contributed by atoms with Crippen molar-refractivity contribution < 1.29 is 9.53 Å². The van der Waals surface area contributed by atoms with Gasteiger partial charge in [-0.1, -0.05) is 0 Å². The van der Waals surface area contributed by atoms with Gasteiger partial charge in [0.25, 0.3) is 0 Å². The van der Waals surface area contributed by atoms with Gasteiger partial charge in [-0.3, -0.25) is 4.79 Å². The lowest BCUT2D eigenvalue weighted by molar-refractivity contribution is -0.123. The van der Waals surface area contributed by atoms with Gasteiger partial charge in [0.05, 0.1) is 12.1 Å². The molecule has 2 aliphatic rings. The number of ether oxygens (including phenoxy) is 1. The molecule has 0 aromatic carbocycles. The molecule has 0 saturated carbocycles. The molecule has 2 aliphatic heterocycles. The Labute approximate surface area is 97.1 Å². The number of carbonyl (C=O) groups excluding carboxylic acids is 1. The van der Waals surface area contributed by atoms with E-state index in [4.69, 9.17) is 4.74 Å². The zero-order valence-corrected chi connectivity index (χ0v) is 10.00. The van der Waals surface area contributed by atoms with E-state index in [-0.39, 0.29) is 11.9 Å². The van der Waals surface area contributed by atoms with Gasteiger partial charge in [0.2, 0.25) is 5.91 Å². The molecular formula is C12H22N2O2. The molecule has 2 fully saturated rings. The van der Waals surface area contributed by atoms with Gasteiger partial charge < -0.3 is 15.4 Å². The molecule has 1 amide bonds. The van der Waals surface area contributed by atoms with E-state index < -0.39 is 0 Å². The molecule has 2 saturated heterocycles. The highest BCUT2D eigenvalue weighted by atomic mass is 16.5. The first kappa shape index (κ1) is 11.9. The Morgan fingerprint density at radius 2 is 2.25 bits per heavy atom. The third kappa shape index (κ3) is 3.19. The van der Waals surface area contributed by atoms with Crippen LogP contribution in [0.5, 0.6) is 0 Å². The number of nitrogens with one attached hydrogen (secondary N) is 2. The van der Waals surface area contributed by atoms with E-state index in [9.17, 15) is 4.79 Å². The molecule has 3 atom stereocenters. The second-order valence-corrected chi connectivity index (χ2v) is 4.91. The van der Waals surface area contributed by atoms with E-state index in [0.717, 1.165) is 45.3 Å². The molecular weight excluding hydrogens is 204 g/mol. The van der Waals surface area contributed by atoms with E-state index >= 15 is 0 Å². The standard InChI is InChI=1S/C12H22N2O2/c1-9-8-10(5-7-16-9)14-11-4-2-3-6-13-12(11)15/h9-11,14H,2-8H2,1H3,(H,13,15). The SMILES string of the molecule is CC1CC(NC2CCCCNC2=O)CCO1. The van der Waals surface area contributed by atoms with Crippen molar-refractivity contribution in [2.45, 2.75) is 57.2 Å². The molecule has 92 valence electrons. The van der Waals surface area contributed by atoms with Crippen LogP contribution in [0.4, 0.5) is 0 Å². The van der Waals surface area contributed by atoms with Crippen molar-refractivity contribution in [3.8, 4) is 0 Å². The molecule has 0 aliphatic carbocycles. The Morgan fingerprint density at radius 3 is 3.06 bits per heavy atom. The van der Waals surface area contributed by atoms with Gasteiger partial charge in [0, 0.05) is 19.2 Å². The third-order valence-electron chi connectivity index (χ3n) is 3.46. The minimum atomic E-state index is 0.0119. The normalized spacial score (nSPS) is 36.6. The maximum absolute atomic E-state index is 11.8. The van der Waals surface area contributed by atoms with Gasteiger partial charge in [-0.15, -0.1) is 0 Å². The van der Waals surface area contributed by atoms with Gasteiger partial charge in [0.15, 0.2) is 0 Å². The van der Waals surface area contributed by atoms with E-state index in [0.29, 0.717) is 12.1 Å². The second-order valence-electron chi connectivity index (χ2n) is 4.91. The predicted octanol–water partition coefficient (Wildman–Crippen LogP) is 0.812. The number of hydrogen-bond acceptors (Lipinski definition) is 3. The summed E-state index contributed by atoms with van der Waals surface area (Å²) in [4.78, 5) is 11.8. The summed E-state index contributed by atoms with van der Waals surface area (Å²) in [6.07, 6.45) is 5.57. The number of carbonyl (C=O) groups is 1. The highest BCUT2D eigenvalue weighted by Gasteiger charge is 2.26. The molecule has 2 rings (SSSR count). The molecule has 0 aromatic heterocycles. The molecule has 3 unspecified atom stereocenters. The lowest BCUT2D eigenvalue weighted by Gasteiger charge is -2.30. The van der Waals surface area contributed by atoms with Crippen LogP contribution in [-0.2, 0) is 9.53 Å². The Hall–Kier alpha value is -0.610. The lowest BCUT2D eigenvalue weighted by atomic mass is 10.0. The van der Waals surface area contributed by atoms with Crippen molar-refractivity contribution >= 4 is 5.91 Å². The Bertz CT molecular complexity index is 245. The highest BCUT2D eigenvalue weighted by molar-refractivity contribution is 5.81. The molecule has 0 spiro atoms. The highest BCUT2D eigenvalue weighted by Crippen LogP contribution is 2.15. The van der Waals surface area contributed by atoms with Gasteiger partial charge in [-0.2, -0.15) is 0 Å². The first-order chi connectivity index (χ1) is 7.75. The molecule has 16 heavy (non-hydrogen) atoms.